The van der Waals surface area contributed by atoms with E-state index in [1.54, 1.807) is 0 Å². The zero-order chi connectivity index (χ0) is 32.8. The lowest BCUT2D eigenvalue weighted by molar-refractivity contribution is 1.28. The molecule has 0 heterocycles. The molecule has 0 atom stereocenters. The third-order valence-corrected chi connectivity index (χ3v) is 9.03. The predicted octanol–water partition coefficient (Wildman–Crippen LogP) is 13.5. The van der Waals surface area contributed by atoms with Gasteiger partial charge in [-0.2, -0.15) is 0 Å². The third-order valence-electron chi connectivity index (χ3n) is 9.03. The molecule has 8 aromatic rings. The van der Waals surface area contributed by atoms with E-state index < -0.39 is 0 Å². The summed E-state index contributed by atoms with van der Waals surface area (Å²) in [4.78, 5) is 2.35. The van der Waals surface area contributed by atoms with Crippen molar-refractivity contribution in [1.82, 2.24) is 0 Å². The van der Waals surface area contributed by atoms with E-state index in [0.717, 1.165) is 17.1 Å². The maximum atomic E-state index is 2.35. The minimum atomic E-state index is 1.12. The summed E-state index contributed by atoms with van der Waals surface area (Å²) in [5.74, 6) is 0. The number of para-hydroxylation sites is 2. The number of nitrogens with zero attached hydrogens (tertiary/aromatic N) is 1. The van der Waals surface area contributed by atoms with Gasteiger partial charge in [0.2, 0.25) is 0 Å². The first kappa shape index (κ1) is 29.9. The second-order valence-electron chi connectivity index (χ2n) is 12.2. The molecule has 0 amide bonds. The summed E-state index contributed by atoms with van der Waals surface area (Å²) in [5, 5.41) is 0. The lowest BCUT2D eigenvalue weighted by atomic mass is 9.91. The van der Waals surface area contributed by atoms with Gasteiger partial charge in [-0.25, -0.2) is 0 Å². The molecule has 0 aromatic heterocycles. The molecule has 1 nitrogen and oxygen atoms in total. The zero-order valence-electron chi connectivity index (χ0n) is 27.2. The van der Waals surface area contributed by atoms with Crippen molar-refractivity contribution in [3.05, 3.63) is 212 Å². The largest absolute Gasteiger partial charge is 0.310 e. The number of rotatable bonds is 8. The minimum absolute atomic E-state index is 1.12. The summed E-state index contributed by atoms with van der Waals surface area (Å²) in [6, 6.07) is 76.0. The van der Waals surface area contributed by atoms with Gasteiger partial charge in [0.15, 0.2) is 0 Å². The Morgan fingerprint density at radius 3 is 1.06 bits per heavy atom. The van der Waals surface area contributed by atoms with Crippen molar-refractivity contribution in [2.45, 2.75) is 0 Å². The Bertz CT molecular complexity index is 2200. The molecule has 8 aromatic carbocycles. The number of anilines is 3. The third kappa shape index (κ3) is 6.43. The fourth-order valence-corrected chi connectivity index (χ4v) is 6.61. The van der Waals surface area contributed by atoms with E-state index in [2.05, 4.69) is 217 Å². The molecule has 0 saturated heterocycles. The summed E-state index contributed by atoms with van der Waals surface area (Å²) in [5.41, 5.74) is 15.3. The molecular formula is C48H35N. The van der Waals surface area contributed by atoms with Gasteiger partial charge in [-0.3, -0.25) is 0 Å². The normalized spacial score (nSPS) is 10.9. The first-order valence-electron chi connectivity index (χ1n) is 16.8. The summed E-state index contributed by atoms with van der Waals surface area (Å²) < 4.78 is 0. The van der Waals surface area contributed by atoms with Crippen LogP contribution in [0.15, 0.2) is 212 Å². The van der Waals surface area contributed by atoms with E-state index in [1.807, 2.05) is 0 Å². The molecule has 0 aliphatic carbocycles. The van der Waals surface area contributed by atoms with Crippen molar-refractivity contribution in [2.24, 2.45) is 0 Å². The highest BCUT2D eigenvalue weighted by Crippen LogP contribution is 2.43. The quantitative estimate of drug-likeness (QED) is 0.162. The summed E-state index contributed by atoms with van der Waals surface area (Å²) in [6.45, 7) is 0. The first-order valence-corrected chi connectivity index (χ1v) is 16.8. The molecular weight excluding hydrogens is 591 g/mol. The molecule has 0 radical (unpaired) electrons. The van der Waals surface area contributed by atoms with Crippen molar-refractivity contribution in [1.29, 1.82) is 0 Å². The van der Waals surface area contributed by atoms with Crippen LogP contribution in [0.3, 0.4) is 0 Å². The molecule has 0 N–H and O–H groups in total. The van der Waals surface area contributed by atoms with Crippen LogP contribution >= 0.6 is 0 Å². The summed E-state index contributed by atoms with van der Waals surface area (Å²) in [7, 11) is 0. The monoisotopic (exact) mass is 625 g/mol. The van der Waals surface area contributed by atoms with E-state index in [1.165, 1.54) is 55.6 Å². The van der Waals surface area contributed by atoms with Crippen LogP contribution in [-0.2, 0) is 0 Å². The van der Waals surface area contributed by atoms with Crippen molar-refractivity contribution in [3.8, 4) is 55.6 Å². The van der Waals surface area contributed by atoms with Gasteiger partial charge in [0, 0.05) is 16.9 Å². The molecule has 0 saturated carbocycles. The van der Waals surface area contributed by atoms with Gasteiger partial charge in [0.25, 0.3) is 0 Å². The van der Waals surface area contributed by atoms with Crippen molar-refractivity contribution in [2.75, 3.05) is 4.90 Å². The number of hydrogen-bond donors (Lipinski definition) is 0. The Morgan fingerprint density at radius 2 is 0.571 bits per heavy atom. The van der Waals surface area contributed by atoms with Gasteiger partial charge < -0.3 is 4.90 Å². The number of hydrogen-bond acceptors (Lipinski definition) is 1. The molecule has 0 fully saturated rings. The molecule has 49 heavy (non-hydrogen) atoms. The van der Waals surface area contributed by atoms with Gasteiger partial charge in [-0.05, 0) is 111 Å². The van der Waals surface area contributed by atoms with Crippen LogP contribution in [0.5, 0.6) is 0 Å². The Kier molecular flexibility index (Phi) is 8.39. The maximum Gasteiger partial charge on any atom is 0.0540 e. The Labute approximate surface area is 289 Å². The highest BCUT2D eigenvalue weighted by molar-refractivity contribution is 5.91. The first-order chi connectivity index (χ1) is 24.3. The topological polar surface area (TPSA) is 3.24 Å². The van der Waals surface area contributed by atoms with Crippen LogP contribution in [0.4, 0.5) is 17.1 Å². The Morgan fingerprint density at radius 1 is 0.224 bits per heavy atom. The van der Waals surface area contributed by atoms with Gasteiger partial charge in [-0.1, -0.05) is 152 Å². The fourth-order valence-electron chi connectivity index (χ4n) is 6.61. The Hall–Kier alpha value is -6.44. The van der Waals surface area contributed by atoms with Gasteiger partial charge in [0.05, 0.1) is 5.69 Å². The predicted molar refractivity (Wildman–Crippen MR) is 208 cm³/mol. The van der Waals surface area contributed by atoms with E-state index in [9.17, 15) is 0 Å². The molecule has 1 heteroatoms. The lowest BCUT2D eigenvalue weighted by Gasteiger charge is -2.28. The summed E-state index contributed by atoms with van der Waals surface area (Å²) >= 11 is 0. The van der Waals surface area contributed by atoms with E-state index >= 15 is 0 Å². The molecule has 0 spiro atoms. The Balaban J connectivity index is 1.26. The summed E-state index contributed by atoms with van der Waals surface area (Å²) in [6.07, 6.45) is 0. The highest BCUT2D eigenvalue weighted by Gasteiger charge is 2.18. The standard InChI is InChI=1S/C48H35N/c1-6-17-36(18-7-1)42-32-43(37-19-8-2-9-20-37)34-44(33-42)40-24-16-23-39(31-40)41-29-30-48(47(35-41)38-21-10-3-11-22-38)49(45-25-12-4-13-26-45)46-27-14-5-15-28-46/h1-35H. The molecule has 8 rings (SSSR count). The minimum Gasteiger partial charge on any atom is -0.310 e. The van der Waals surface area contributed by atoms with Crippen LogP contribution in [0.2, 0.25) is 0 Å². The van der Waals surface area contributed by atoms with Gasteiger partial charge in [0.1, 0.15) is 0 Å². The average molecular weight is 626 g/mol. The second kappa shape index (κ2) is 13.7. The maximum absolute atomic E-state index is 2.35. The average Bonchev–Trinajstić information content (AvgIpc) is 3.20. The van der Waals surface area contributed by atoms with E-state index in [0.29, 0.717) is 0 Å². The second-order valence-corrected chi connectivity index (χ2v) is 12.2. The van der Waals surface area contributed by atoms with Crippen molar-refractivity contribution < 1.29 is 0 Å². The van der Waals surface area contributed by atoms with Crippen LogP contribution in [0, 0.1) is 0 Å². The van der Waals surface area contributed by atoms with Crippen molar-refractivity contribution >= 4 is 17.1 Å². The zero-order valence-corrected chi connectivity index (χ0v) is 27.2. The van der Waals surface area contributed by atoms with Crippen LogP contribution < -0.4 is 4.90 Å². The van der Waals surface area contributed by atoms with Gasteiger partial charge in [-0.15, -0.1) is 0 Å². The van der Waals surface area contributed by atoms with Gasteiger partial charge >= 0.3 is 0 Å². The van der Waals surface area contributed by atoms with Crippen LogP contribution in [-0.4, -0.2) is 0 Å². The lowest BCUT2D eigenvalue weighted by Crippen LogP contribution is -2.11. The molecule has 0 bridgehead atoms. The number of benzene rings is 8. The molecule has 232 valence electrons. The molecule has 0 aliphatic heterocycles. The SMILES string of the molecule is c1ccc(-c2cc(-c3ccccc3)cc(-c3cccc(-c4ccc(N(c5ccccc5)c5ccccc5)c(-c5ccccc5)c4)c3)c2)cc1. The fraction of sp³-hybridized carbons (Fsp3) is 0. The van der Waals surface area contributed by atoms with Crippen LogP contribution in [0.1, 0.15) is 0 Å². The van der Waals surface area contributed by atoms with E-state index in [4.69, 9.17) is 0 Å². The van der Waals surface area contributed by atoms with Crippen LogP contribution in [0.25, 0.3) is 55.6 Å². The van der Waals surface area contributed by atoms with Crippen molar-refractivity contribution in [3.63, 3.8) is 0 Å². The van der Waals surface area contributed by atoms with E-state index in [-0.39, 0.29) is 0 Å². The molecule has 0 unspecified atom stereocenters. The molecule has 0 aliphatic rings. The highest BCUT2D eigenvalue weighted by atomic mass is 15.1. The smallest absolute Gasteiger partial charge is 0.0540 e.